The Hall–Kier alpha value is -0.560. The van der Waals surface area contributed by atoms with Crippen molar-refractivity contribution in [3.8, 4) is 0 Å². The molecule has 1 saturated carbocycles. The van der Waals surface area contributed by atoms with Crippen LogP contribution in [0.5, 0.6) is 0 Å². The van der Waals surface area contributed by atoms with E-state index in [1.807, 2.05) is 0 Å². The van der Waals surface area contributed by atoms with Crippen LogP contribution in [-0.2, 0) is 0 Å². The third kappa shape index (κ3) is 1.62. The fraction of sp³-hybridized carbons (Fsp3) is 0.750. The molecule has 1 heteroatoms. The van der Waals surface area contributed by atoms with E-state index in [1.54, 1.807) is 11.1 Å². The number of hydrogen-bond acceptors (Lipinski definition) is 1. The predicted octanol–water partition coefficient (Wildman–Crippen LogP) is 3.98. The molecule has 0 aromatic heterocycles. The quantitative estimate of drug-likeness (QED) is 0.626. The molecular weight excluding hydrogens is 208 g/mol. The molecule has 17 heavy (non-hydrogen) atoms. The fourth-order valence-corrected chi connectivity index (χ4v) is 4.46. The zero-order valence-electron chi connectivity index (χ0n) is 11.1. The SMILES string of the molecule is CC1=C2CCC3CCCC=C3C2(C)CCC1O. The van der Waals surface area contributed by atoms with Gasteiger partial charge in [0, 0.05) is 5.41 Å². The van der Waals surface area contributed by atoms with Crippen molar-refractivity contribution in [3.05, 3.63) is 22.8 Å². The maximum absolute atomic E-state index is 10.0. The molecule has 3 rings (SSSR count). The summed E-state index contributed by atoms with van der Waals surface area (Å²) in [7, 11) is 0. The van der Waals surface area contributed by atoms with E-state index in [9.17, 15) is 5.11 Å². The lowest BCUT2D eigenvalue weighted by atomic mass is 9.56. The Morgan fingerprint density at radius 2 is 2.12 bits per heavy atom. The second kappa shape index (κ2) is 3.98. The lowest BCUT2D eigenvalue weighted by molar-refractivity contribution is 0.150. The molecule has 0 aliphatic heterocycles. The fourth-order valence-electron chi connectivity index (χ4n) is 4.46. The molecular formula is C16H24O. The maximum atomic E-state index is 10.0. The van der Waals surface area contributed by atoms with E-state index in [-0.39, 0.29) is 6.10 Å². The normalized spacial score (nSPS) is 41.7. The lowest BCUT2D eigenvalue weighted by Gasteiger charge is -2.49. The molecule has 1 fully saturated rings. The minimum absolute atomic E-state index is 0.168. The van der Waals surface area contributed by atoms with Crippen LogP contribution in [0.3, 0.4) is 0 Å². The number of fused-ring (bicyclic) bond motifs is 3. The average molecular weight is 232 g/mol. The van der Waals surface area contributed by atoms with Gasteiger partial charge in [-0.15, -0.1) is 0 Å². The topological polar surface area (TPSA) is 20.2 Å². The van der Waals surface area contributed by atoms with E-state index in [4.69, 9.17) is 0 Å². The molecule has 0 aromatic carbocycles. The van der Waals surface area contributed by atoms with Crippen LogP contribution >= 0.6 is 0 Å². The zero-order chi connectivity index (χ0) is 12.0. The molecule has 0 bridgehead atoms. The van der Waals surface area contributed by atoms with Crippen LogP contribution in [0.15, 0.2) is 22.8 Å². The van der Waals surface area contributed by atoms with Gasteiger partial charge >= 0.3 is 0 Å². The zero-order valence-corrected chi connectivity index (χ0v) is 11.1. The lowest BCUT2D eigenvalue weighted by Crippen LogP contribution is -2.38. The van der Waals surface area contributed by atoms with Crippen LogP contribution in [0.2, 0.25) is 0 Å². The number of aliphatic hydroxyl groups excluding tert-OH is 1. The van der Waals surface area contributed by atoms with Crippen LogP contribution in [0.25, 0.3) is 0 Å². The smallest absolute Gasteiger partial charge is 0.0750 e. The van der Waals surface area contributed by atoms with Gasteiger partial charge in [0.25, 0.3) is 0 Å². The van der Waals surface area contributed by atoms with E-state index < -0.39 is 0 Å². The molecule has 0 spiro atoms. The Bertz CT molecular complexity index is 390. The molecule has 0 heterocycles. The molecule has 0 radical (unpaired) electrons. The minimum Gasteiger partial charge on any atom is -0.389 e. The van der Waals surface area contributed by atoms with Crippen LogP contribution in [0.1, 0.15) is 58.8 Å². The summed E-state index contributed by atoms with van der Waals surface area (Å²) < 4.78 is 0. The maximum Gasteiger partial charge on any atom is 0.0750 e. The summed E-state index contributed by atoms with van der Waals surface area (Å²) in [6.45, 7) is 4.59. The average Bonchev–Trinajstić information content (AvgIpc) is 2.35. The number of rotatable bonds is 0. The van der Waals surface area contributed by atoms with E-state index in [2.05, 4.69) is 19.9 Å². The molecule has 1 nitrogen and oxygen atoms in total. The summed E-state index contributed by atoms with van der Waals surface area (Å²) >= 11 is 0. The summed E-state index contributed by atoms with van der Waals surface area (Å²) in [6.07, 6.45) is 11.1. The number of aliphatic hydroxyl groups is 1. The van der Waals surface area contributed by atoms with E-state index in [0.29, 0.717) is 5.41 Å². The number of hydrogen-bond donors (Lipinski definition) is 1. The molecule has 3 atom stereocenters. The highest BCUT2D eigenvalue weighted by Crippen LogP contribution is 2.56. The molecule has 0 aromatic rings. The second-order valence-corrected chi connectivity index (χ2v) is 6.37. The van der Waals surface area contributed by atoms with Crippen LogP contribution in [0.4, 0.5) is 0 Å². The van der Waals surface area contributed by atoms with Crippen molar-refractivity contribution in [2.24, 2.45) is 11.3 Å². The Morgan fingerprint density at radius 1 is 1.29 bits per heavy atom. The van der Waals surface area contributed by atoms with Gasteiger partial charge in [0.15, 0.2) is 0 Å². The first-order valence-electron chi connectivity index (χ1n) is 7.21. The first kappa shape index (κ1) is 11.5. The highest BCUT2D eigenvalue weighted by Gasteiger charge is 2.44. The van der Waals surface area contributed by atoms with Crippen molar-refractivity contribution in [1.29, 1.82) is 0 Å². The third-order valence-electron chi connectivity index (χ3n) is 5.50. The Balaban J connectivity index is 2.06. The van der Waals surface area contributed by atoms with Crippen molar-refractivity contribution >= 4 is 0 Å². The van der Waals surface area contributed by atoms with Crippen LogP contribution in [0, 0.1) is 11.3 Å². The molecule has 0 saturated heterocycles. The van der Waals surface area contributed by atoms with Gasteiger partial charge in [-0.2, -0.15) is 0 Å². The van der Waals surface area contributed by atoms with E-state index in [1.165, 1.54) is 37.7 Å². The Labute approximate surface area is 105 Å². The van der Waals surface area contributed by atoms with Gasteiger partial charge < -0.3 is 5.11 Å². The van der Waals surface area contributed by atoms with Gasteiger partial charge in [-0.25, -0.2) is 0 Å². The van der Waals surface area contributed by atoms with Gasteiger partial charge in [0.2, 0.25) is 0 Å². The van der Waals surface area contributed by atoms with Crippen LogP contribution in [-0.4, -0.2) is 11.2 Å². The van der Waals surface area contributed by atoms with Gasteiger partial charge in [0.05, 0.1) is 6.10 Å². The first-order valence-corrected chi connectivity index (χ1v) is 7.21. The van der Waals surface area contributed by atoms with E-state index in [0.717, 1.165) is 18.8 Å². The molecule has 94 valence electrons. The minimum atomic E-state index is -0.168. The highest BCUT2D eigenvalue weighted by atomic mass is 16.3. The monoisotopic (exact) mass is 232 g/mol. The Kier molecular flexibility index (Phi) is 2.70. The second-order valence-electron chi connectivity index (χ2n) is 6.37. The van der Waals surface area contributed by atoms with Crippen molar-refractivity contribution < 1.29 is 5.11 Å². The highest BCUT2D eigenvalue weighted by molar-refractivity contribution is 5.40. The summed E-state index contributed by atoms with van der Waals surface area (Å²) in [4.78, 5) is 0. The summed E-state index contributed by atoms with van der Waals surface area (Å²) in [6, 6.07) is 0. The number of allylic oxidation sites excluding steroid dienone is 3. The van der Waals surface area contributed by atoms with Gasteiger partial charge in [-0.3, -0.25) is 0 Å². The third-order valence-corrected chi connectivity index (χ3v) is 5.50. The van der Waals surface area contributed by atoms with Gasteiger partial charge in [-0.05, 0) is 63.4 Å². The van der Waals surface area contributed by atoms with Crippen LogP contribution < -0.4 is 0 Å². The molecule has 3 unspecified atom stereocenters. The summed E-state index contributed by atoms with van der Waals surface area (Å²) in [5.41, 5.74) is 4.87. The van der Waals surface area contributed by atoms with Crippen molar-refractivity contribution in [2.75, 3.05) is 0 Å². The molecule has 3 aliphatic carbocycles. The van der Waals surface area contributed by atoms with Crippen molar-refractivity contribution in [3.63, 3.8) is 0 Å². The predicted molar refractivity (Wildman–Crippen MR) is 70.7 cm³/mol. The molecule has 3 aliphatic rings. The largest absolute Gasteiger partial charge is 0.389 e. The Morgan fingerprint density at radius 3 is 2.94 bits per heavy atom. The van der Waals surface area contributed by atoms with Gasteiger partial charge in [-0.1, -0.05) is 24.1 Å². The summed E-state index contributed by atoms with van der Waals surface area (Å²) in [5, 5.41) is 10.0. The standard InChI is InChI=1S/C16H24O/c1-11-13-8-7-12-5-3-4-6-14(12)16(13,2)10-9-15(11)17/h6,12,15,17H,3-5,7-10H2,1-2H3. The van der Waals surface area contributed by atoms with Crippen molar-refractivity contribution in [1.82, 2.24) is 0 Å². The first-order chi connectivity index (χ1) is 8.13. The molecule has 0 amide bonds. The van der Waals surface area contributed by atoms with Crippen molar-refractivity contribution in [2.45, 2.75) is 64.9 Å². The summed E-state index contributed by atoms with van der Waals surface area (Å²) in [5.74, 6) is 0.848. The van der Waals surface area contributed by atoms with E-state index >= 15 is 0 Å². The van der Waals surface area contributed by atoms with Gasteiger partial charge in [0.1, 0.15) is 0 Å². The molecule has 1 N–H and O–H groups in total.